The molecule has 1 saturated heterocycles. The molecule has 136 valence electrons. The van der Waals surface area contributed by atoms with Gasteiger partial charge in [-0.2, -0.15) is 0 Å². The number of carbonyl (C=O) groups is 2. The third kappa shape index (κ3) is 4.54. The Morgan fingerprint density at radius 2 is 1.81 bits per heavy atom. The van der Waals surface area contributed by atoms with Crippen molar-refractivity contribution in [2.45, 2.75) is 12.8 Å². The maximum Gasteiger partial charge on any atom is 0.253 e. The number of aromatic nitrogens is 1. The van der Waals surface area contributed by atoms with Crippen LogP contribution in [0.15, 0.2) is 42.7 Å². The molecule has 1 aromatic carbocycles. The first-order valence-corrected chi connectivity index (χ1v) is 9.22. The summed E-state index contributed by atoms with van der Waals surface area (Å²) in [6, 6.07) is 8.28. The molecule has 1 fully saturated rings. The van der Waals surface area contributed by atoms with E-state index in [2.05, 4.69) is 10.3 Å². The molecule has 1 N–H and O–H groups in total. The molecule has 1 aromatic heterocycles. The lowest BCUT2D eigenvalue weighted by molar-refractivity contribution is 0.0684. The fraction of sp³-hybridized carbons (Fsp3) is 0.316. The Morgan fingerprint density at radius 3 is 2.46 bits per heavy atom. The van der Waals surface area contributed by atoms with Gasteiger partial charge >= 0.3 is 0 Å². The van der Waals surface area contributed by atoms with Crippen LogP contribution >= 0.6 is 23.2 Å². The van der Waals surface area contributed by atoms with Crippen LogP contribution in [0, 0.1) is 5.92 Å². The summed E-state index contributed by atoms with van der Waals surface area (Å²) in [5.74, 6) is 0.163. The van der Waals surface area contributed by atoms with E-state index in [4.69, 9.17) is 23.2 Å². The molecular formula is C19H19Cl2N3O2. The summed E-state index contributed by atoms with van der Waals surface area (Å²) in [5.41, 5.74) is 1.07. The van der Waals surface area contributed by atoms with Gasteiger partial charge in [-0.1, -0.05) is 23.2 Å². The zero-order chi connectivity index (χ0) is 18.5. The van der Waals surface area contributed by atoms with E-state index in [1.807, 2.05) is 4.90 Å². The minimum Gasteiger partial charge on any atom is -0.352 e. The molecule has 0 spiro atoms. The number of halogens is 2. The third-order valence-corrected chi connectivity index (χ3v) is 5.10. The molecule has 0 aliphatic carbocycles. The number of nitrogens with one attached hydrogen (secondary N) is 1. The van der Waals surface area contributed by atoms with Gasteiger partial charge in [-0.05, 0) is 49.1 Å². The van der Waals surface area contributed by atoms with Crippen LogP contribution in [0.4, 0.5) is 0 Å². The van der Waals surface area contributed by atoms with Crippen molar-refractivity contribution in [2.24, 2.45) is 5.92 Å². The normalized spacial score (nSPS) is 14.9. The molecule has 2 aromatic rings. The number of piperidine rings is 1. The number of nitrogens with zero attached hydrogens (tertiary/aromatic N) is 2. The van der Waals surface area contributed by atoms with Crippen molar-refractivity contribution in [3.05, 3.63) is 63.9 Å². The average Bonchev–Trinajstić information content (AvgIpc) is 2.66. The topological polar surface area (TPSA) is 62.3 Å². The van der Waals surface area contributed by atoms with Crippen molar-refractivity contribution in [1.29, 1.82) is 0 Å². The summed E-state index contributed by atoms with van der Waals surface area (Å²) in [7, 11) is 0. The summed E-state index contributed by atoms with van der Waals surface area (Å²) in [6.45, 7) is 1.93. The van der Waals surface area contributed by atoms with Gasteiger partial charge in [-0.3, -0.25) is 14.6 Å². The second kappa shape index (κ2) is 8.52. The summed E-state index contributed by atoms with van der Waals surface area (Å²) in [5, 5.41) is 3.77. The van der Waals surface area contributed by atoms with Crippen molar-refractivity contribution in [2.75, 3.05) is 19.6 Å². The third-order valence-electron chi connectivity index (χ3n) is 4.56. The molecule has 5 nitrogen and oxygen atoms in total. The van der Waals surface area contributed by atoms with Gasteiger partial charge in [0.05, 0.1) is 10.6 Å². The molecule has 1 aliphatic heterocycles. The Balaban J connectivity index is 1.48. The predicted octanol–water partition coefficient (Wildman–Crippen LogP) is 3.67. The number of hydrogen-bond acceptors (Lipinski definition) is 3. The monoisotopic (exact) mass is 391 g/mol. The maximum absolute atomic E-state index is 12.4. The average molecular weight is 392 g/mol. The Hall–Kier alpha value is -2.11. The molecular weight excluding hydrogens is 373 g/mol. The highest BCUT2D eigenvalue weighted by atomic mass is 35.5. The van der Waals surface area contributed by atoms with E-state index in [1.54, 1.807) is 42.7 Å². The summed E-state index contributed by atoms with van der Waals surface area (Å²) in [6.07, 6.45) is 4.95. The summed E-state index contributed by atoms with van der Waals surface area (Å²) < 4.78 is 0. The molecule has 0 atom stereocenters. The first-order valence-electron chi connectivity index (χ1n) is 8.47. The van der Waals surface area contributed by atoms with Crippen LogP contribution in [0.25, 0.3) is 0 Å². The highest BCUT2D eigenvalue weighted by Gasteiger charge is 2.24. The number of rotatable bonds is 4. The van der Waals surface area contributed by atoms with Crippen molar-refractivity contribution < 1.29 is 9.59 Å². The van der Waals surface area contributed by atoms with E-state index in [-0.39, 0.29) is 11.8 Å². The Bertz CT molecular complexity index is 791. The smallest absolute Gasteiger partial charge is 0.253 e. The Kier molecular flexibility index (Phi) is 6.12. The van der Waals surface area contributed by atoms with E-state index in [9.17, 15) is 9.59 Å². The van der Waals surface area contributed by atoms with Crippen LogP contribution in [0.2, 0.25) is 10.0 Å². The van der Waals surface area contributed by atoms with Crippen LogP contribution < -0.4 is 5.32 Å². The molecule has 1 aliphatic rings. The second-order valence-corrected chi connectivity index (χ2v) is 7.15. The van der Waals surface area contributed by atoms with Gasteiger partial charge < -0.3 is 10.2 Å². The van der Waals surface area contributed by atoms with Crippen LogP contribution in [0.1, 0.15) is 33.6 Å². The highest BCUT2D eigenvalue weighted by Crippen LogP contribution is 2.22. The van der Waals surface area contributed by atoms with Crippen molar-refractivity contribution >= 4 is 35.0 Å². The maximum atomic E-state index is 12.4. The molecule has 3 rings (SSSR count). The summed E-state index contributed by atoms with van der Waals surface area (Å²) in [4.78, 5) is 30.5. The number of likely N-dealkylation sites (tertiary alicyclic amines) is 1. The first-order chi connectivity index (χ1) is 12.5. The van der Waals surface area contributed by atoms with E-state index in [0.29, 0.717) is 46.7 Å². The molecule has 0 saturated carbocycles. The number of pyridine rings is 1. The highest BCUT2D eigenvalue weighted by molar-refractivity contribution is 6.36. The van der Waals surface area contributed by atoms with Gasteiger partial charge in [0, 0.05) is 42.6 Å². The van der Waals surface area contributed by atoms with Gasteiger partial charge in [-0.15, -0.1) is 0 Å². The van der Waals surface area contributed by atoms with Gasteiger partial charge in [0.2, 0.25) is 0 Å². The minimum atomic E-state index is -0.207. The number of hydrogen-bond donors (Lipinski definition) is 1. The number of amides is 2. The largest absolute Gasteiger partial charge is 0.352 e. The Labute approximate surface area is 162 Å². The lowest BCUT2D eigenvalue weighted by atomic mass is 9.96. The van der Waals surface area contributed by atoms with Gasteiger partial charge in [0.1, 0.15) is 0 Å². The lowest BCUT2D eigenvalue weighted by Gasteiger charge is -2.32. The van der Waals surface area contributed by atoms with E-state index >= 15 is 0 Å². The minimum absolute atomic E-state index is 0.0304. The second-order valence-electron chi connectivity index (χ2n) is 6.31. The number of benzene rings is 1. The SMILES string of the molecule is O=C(NCC1CCN(C(=O)c2ccncc2)CC1)c1ccc(Cl)cc1Cl. The fourth-order valence-corrected chi connectivity index (χ4v) is 3.52. The van der Waals surface area contributed by atoms with E-state index in [0.717, 1.165) is 12.8 Å². The quantitative estimate of drug-likeness (QED) is 0.864. The molecule has 26 heavy (non-hydrogen) atoms. The van der Waals surface area contributed by atoms with Gasteiger partial charge in [0.15, 0.2) is 0 Å². The molecule has 0 unspecified atom stereocenters. The van der Waals surface area contributed by atoms with Crippen molar-refractivity contribution in [3.8, 4) is 0 Å². The van der Waals surface area contributed by atoms with Gasteiger partial charge in [-0.25, -0.2) is 0 Å². The van der Waals surface area contributed by atoms with Crippen LogP contribution in [-0.4, -0.2) is 41.3 Å². The van der Waals surface area contributed by atoms with Crippen molar-refractivity contribution in [3.63, 3.8) is 0 Å². The van der Waals surface area contributed by atoms with Crippen LogP contribution in [0.3, 0.4) is 0 Å². The standard InChI is InChI=1S/C19H19Cl2N3O2/c20-15-1-2-16(17(21)11-15)18(25)23-12-13-5-9-24(10-6-13)19(26)14-3-7-22-8-4-14/h1-4,7-8,11,13H,5-6,9-10,12H2,(H,23,25). The zero-order valence-electron chi connectivity index (χ0n) is 14.1. The first kappa shape index (κ1) is 18.7. The van der Waals surface area contributed by atoms with Crippen LogP contribution in [-0.2, 0) is 0 Å². The van der Waals surface area contributed by atoms with Crippen molar-refractivity contribution in [1.82, 2.24) is 15.2 Å². The number of carbonyl (C=O) groups excluding carboxylic acids is 2. The van der Waals surface area contributed by atoms with E-state index < -0.39 is 0 Å². The molecule has 0 radical (unpaired) electrons. The fourth-order valence-electron chi connectivity index (χ4n) is 3.02. The molecule has 7 heteroatoms. The van der Waals surface area contributed by atoms with E-state index in [1.165, 1.54) is 0 Å². The summed E-state index contributed by atoms with van der Waals surface area (Å²) >= 11 is 11.9. The molecule has 0 bridgehead atoms. The molecule has 2 amide bonds. The Morgan fingerprint density at radius 1 is 1.12 bits per heavy atom. The lowest BCUT2D eigenvalue weighted by Crippen LogP contribution is -2.41. The molecule has 2 heterocycles. The van der Waals surface area contributed by atoms with Gasteiger partial charge in [0.25, 0.3) is 11.8 Å². The predicted molar refractivity (Wildman–Crippen MR) is 102 cm³/mol. The zero-order valence-corrected chi connectivity index (χ0v) is 15.6. The van der Waals surface area contributed by atoms with Crippen LogP contribution in [0.5, 0.6) is 0 Å².